The van der Waals surface area contributed by atoms with E-state index in [-0.39, 0.29) is 78.2 Å². The molecule has 17 nitrogen and oxygen atoms in total. The molecule has 0 saturated carbocycles. The summed E-state index contributed by atoms with van der Waals surface area (Å²) in [6.45, 7) is 5.43. The number of hydrogen-bond donors (Lipinski definition) is 1. The molecule has 0 bridgehead atoms. The highest BCUT2D eigenvalue weighted by Crippen LogP contribution is 2.39. The summed E-state index contributed by atoms with van der Waals surface area (Å²) < 4.78 is 49.8. The molecule has 6 aromatic rings. The molecule has 3 aliphatic rings. The molecule has 5 aromatic carbocycles. The van der Waals surface area contributed by atoms with Gasteiger partial charge < -0.3 is 14.2 Å². The van der Waals surface area contributed by atoms with E-state index in [2.05, 4.69) is 15.6 Å². The van der Waals surface area contributed by atoms with Crippen LogP contribution < -0.4 is 19.5 Å². The fourth-order valence-corrected chi connectivity index (χ4v) is 11.9. The molecule has 0 spiro atoms. The summed E-state index contributed by atoms with van der Waals surface area (Å²) in [6.07, 6.45) is 5.06. The highest BCUT2D eigenvalue weighted by atomic mass is 32.2. The number of methoxy groups -OCH3 is 1. The van der Waals surface area contributed by atoms with E-state index in [0.717, 1.165) is 70.3 Å². The number of ketones is 2. The average molecular weight is 1010 g/mol. The Labute approximate surface area is 423 Å². The zero-order chi connectivity index (χ0) is 51.7. The van der Waals surface area contributed by atoms with Gasteiger partial charge in [0, 0.05) is 49.7 Å². The molecule has 0 aliphatic carbocycles. The van der Waals surface area contributed by atoms with E-state index in [1.54, 1.807) is 56.1 Å². The minimum absolute atomic E-state index is 0.00581. The summed E-state index contributed by atoms with van der Waals surface area (Å²) in [5, 5.41) is 11.7. The fraction of sp³-hybridized carbons (Fsp3) is 0.382. The number of Topliss-reactive ketones (excluding diaryl/α,β-unsaturated/α-hetero) is 2. The van der Waals surface area contributed by atoms with Crippen LogP contribution in [0.3, 0.4) is 0 Å². The lowest BCUT2D eigenvalue weighted by Crippen LogP contribution is -2.57. The number of hydrogen-bond acceptors (Lipinski definition) is 13. The second-order valence-electron chi connectivity index (χ2n) is 19.4. The molecule has 9 rings (SSSR count). The summed E-state index contributed by atoms with van der Waals surface area (Å²) in [4.78, 5) is 78.2. The molecule has 1 fully saturated rings. The Morgan fingerprint density at radius 2 is 1.68 bits per heavy atom. The number of nitrogens with zero attached hydrogens (tertiary/aromatic N) is 5. The molecule has 4 heterocycles. The number of nitrogens with one attached hydrogen (secondary N) is 1. The number of amides is 4. The molecule has 380 valence electrons. The quantitative estimate of drug-likeness (QED) is 0.0617. The first-order chi connectivity index (χ1) is 35.0. The zero-order valence-corrected chi connectivity index (χ0v) is 42.4. The van der Waals surface area contributed by atoms with Gasteiger partial charge in [-0.3, -0.25) is 39.0 Å². The molecule has 3 aliphatic heterocycles. The van der Waals surface area contributed by atoms with E-state index in [1.165, 1.54) is 10.4 Å². The van der Waals surface area contributed by atoms with Crippen LogP contribution in [0.25, 0.3) is 21.8 Å². The van der Waals surface area contributed by atoms with Gasteiger partial charge in [0.25, 0.3) is 11.8 Å². The van der Waals surface area contributed by atoms with Crippen LogP contribution in [-0.4, -0.2) is 100 Å². The smallest absolute Gasteiger partial charge is 0.262 e. The second-order valence-corrected chi connectivity index (χ2v) is 21.3. The van der Waals surface area contributed by atoms with Gasteiger partial charge >= 0.3 is 0 Å². The third-order valence-corrected chi connectivity index (χ3v) is 15.9. The molecule has 1 saturated heterocycles. The highest BCUT2D eigenvalue weighted by molar-refractivity contribution is 7.89. The number of benzene rings is 5. The number of unbranched alkanes of at least 4 members (excludes halogenated alkanes) is 4. The standard InChI is InChI=1S/C55H58N6O11S/c1-32-16-18-36(43(22-33(2)62)38-26-45-52(48(27-38)70-5)59(4)58-57-45)24-39(32)30-60-29-34(3)72-47-23-35(17-20-49(47)73(60,68)69)12-9-7-6-8-10-14-40(63)31-71-41-25-37-13-11-15-42-51(37)44(28-41)55(67)61(54(42)66)46-19-21-50(64)56-53(46)65/h11,13,15-18,20,23-28,34,43,46H,6-10,12,14,19,21-22,29-31H2,1-5H3,(H,56,64,65)/t34-,43+,46?/m1/s1. The van der Waals surface area contributed by atoms with Crippen LogP contribution in [0, 0.1) is 6.92 Å². The van der Waals surface area contributed by atoms with Crippen molar-refractivity contribution in [2.75, 3.05) is 20.3 Å². The van der Waals surface area contributed by atoms with Crippen LogP contribution in [0.1, 0.15) is 126 Å². The average Bonchev–Trinajstić information content (AvgIpc) is 3.70. The molecular weight excluding hydrogens is 953 g/mol. The van der Waals surface area contributed by atoms with E-state index >= 15 is 0 Å². The van der Waals surface area contributed by atoms with Crippen LogP contribution >= 0.6 is 0 Å². The lowest BCUT2D eigenvalue weighted by molar-refractivity contribution is -0.136. The van der Waals surface area contributed by atoms with Gasteiger partial charge in [0.15, 0.2) is 5.78 Å². The Bertz CT molecular complexity index is 3330. The minimum atomic E-state index is -3.97. The Kier molecular flexibility index (Phi) is 14.6. The van der Waals surface area contributed by atoms with E-state index in [0.29, 0.717) is 40.6 Å². The van der Waals surface area contributed by atoms with Crippen LogP contribution in [0.5, 0.6) is 17.2 Å². The SMILES string of the molecule is COc1cc([C@@H](CC(C)=O)c2ccc(C)c(CN3C[C@@H](C)Oc4cc(CCCCCCCC(=O)COc5cc6c7c(cccc7c5)C(=O)N(C5CCC(=O)NC5=O)C6=O)ccc4S3(=O)=O)c2)cc2nnn(C)c12. The Morgan fingerprint density at radius 3 is 2.47 bits per heavy atom. The fourth-order valence-electron chi connectivity index (χ4n) is 10.3. The van der Waals surface area contributed by atoms with Crippen molar-refractivity contribution in [3.8, 4) is 17.2 Å². The van der Waals surface area contributed by atoms with Crippen molar-refractivity contribution in [2.24, 2.45) is 7.05 Å². The summed E-state index contributed by atoms with van der Waals surface area (Å²) >= 11 is 0. The largest absolute Gasteiger partial charge is 0.494 e. The summed E-state index contributed by atoms with van der Waals surface area (Å²) in [5.74, 6) is -1.64. The summed E-state index contributed by atoms with van der Waals surface area (Å²) in [6, 6.07) is 22.2. The van der Waals surface area contributed by atoms with Gasteiger partial charge in [0.1, 0.15) is 57.7 Å². The highest BCUT2D eigenvalue weighted by Gasteiger charge is 2.43. The van der Waals surface area contributed by atoms with Gasteiger partial charge in [0.2, 0.25) is 21.8 Å². The maximum Gasteiger partial charge on any atom is 0.262 e. The van der Waals surface area contributed by atoms with Crippen molar-refractivity contribution in [3.05, 3.63) is 118 Å². The van der Waals surface area contributed by atoms with Crippen LogP contribution in [-0.2, 0) is 49.2 Å². The van der Waals surface area contributed by atoms with Gasteiger partial charge in [-0.2, -0.15) is 4.31 Å². The lowest BCUT2D eigenvalue weighted by Gasteiger charge is -2.34. The first-order valence-corrected chi connectivity index (χ1v) is 26.1. The topological polar surface area (TPSA) is 213 Å². The van der Waals surface area contributed by atoms with Crippen LogP contribution in [0.2, 0.25) is 0 Å². The number of ether oxygens (including phenoxy) is 3. The minimum Gasteiger partial charge on any atom is -0.494 e. The van der Waals surface area contributed by atoms with Crippen molar-refractivity contribution in [1.29, 1.82) is 0 Å². The third-order valence-electron chi connectivity index (χ3n) is 14.0. The number of carbonyl (C=O) groups excluding carboxylic acids is 6. The van der Waals surface area contributed by atoms with Crippen molar-refractivity contribution in [3.63, 3.8) is 0 Å². The predicted molar refractivity (Wildman–Crippen MR) is 270 cm³/mol. The molecule has 1 unspecified atom stereocenters. The maximum atomic E-state index is 14.4. The van der Waals surface area contributed by atoms with Gasteiger partial charge in [0.05, 0.1) is 19.2 Å². The van der Waals surface area contributed by atoms with E-state index in [9.17, 15) is 37.2 Å². The molecule has 4 amide bonds. The zero-order valence-electron chi connectivity index (χ0n) is 41.6. The molecule has 0 radical (unpaired) electrons. The van der Waals surface area contributed by atoms with E-state index in [4.69, 9.17) is 14.2 Å². The first-order valence-electron chi connectivity index (χ1n) is 24.7. The number of imide groups is 2. The number of fused-ring (bicyclic) bond motifs is 2. The molecule has 73 heavy (non-hydrogen) atoms. The number of carbonyl (C=O) groups is 6. The normalized spacial score (nSPS) is 18.0. The Balaban J connectivity index is 0.771. The van der Waals surface area contributed by atoms with Gasteiger partial charge in [-0.15, -0.1) is 5.10 Å². The van der Waals surface area contributed by atoms with Gasteiger partial charge in [-0.25, -0.2) is 13.1 Å². The maximum absolute atomic E-state index is 14.4. The Hall–Kier alpha value is -7.31. The third kappa shape index (κ3) is 10.5. The predicted octanol–water partition coefficient (Wildman–Crippen LogP) is 7.45. The van der Waals surface area contributed by atoms with Crippen molar-refractivity contribution < 1.29 is 51.4 Å². The van der Waals surface area contributed by atoms with E-state index in [1.807, 2.05) is 56.3 Å². The number of rotatable bonds is 19. The molecule has 3 atom stereocenters. The molecule has 18 heteroatoms. The summed E-state index contributed by atoms with van der Waals surface area (Å²) in [7, 11) is -0.593. The Morgan fingerprint density at radius 1 is 0.904 bits per heavy atom. The first kappa shape index (κ1) is 50.6. The monoisotopic (exact) mass is 1010 g/mol. The van der Waals surface area contributed by atoms with Gasteiger partial charge in [-0.05, 0) is 122 Å². The number of piperidine rings is 1. The van der Waals surface area contributed by atoms with Crippen molar-refractivity contribution in [2.45, 2.75) is 114 Å². The number of aromatic nitrogens is 3. The van der Waals surface area contributed by atoms with Crippen molar-refractivity contribution in [1.82, 2.24) is 29.5 Å². The van der Waals surface area contributed by atoms with E-state index < -0.39 is 45.8 Å². The molecule has 1 N–H and O–H groups in total. The second kappa shape index (κ2) is 21.0. The van der Waals surface area contributed by atoms with Crippen LogP contribution in [0.4, 0.5) is 0 Å². The molecule has 1 aromatic heterocycles. The van der Waals surface area contributed by atoms with Crippen LogP contribution in [0.15, 0.2) is 83.8 Å². The van der Waals surface area contributed by atoms with Crippen molar-refractivity contribution >= 4 is 67.0 Å². The molecular formula is C55H58N6O11S. The van der Waals surface area contributed by atoms with Gasteiger partial charge in [-0.1, -0.05) is 60.9 Å². The lowest BCUT2D eigenvalue weighted by atomic mass is 9.85. The number of sulfonamides is 1. The number of aryl methyl sites for hydroxylation is 3. The summed E-state index contributed by atoms with van der Waals surface area (Å²) in [5.41, 5.74) is 6.25.